The molecule has 0 saturated heterocycles. The molecule has 0 aromatic heterocycles. The maximum absolute atomic E-state index is 9.43. The van der Waals surface area contributed by atoms with Crippen LogP contribution in [0.15, 0.2) is 53.4 Å². The molecule has 0 fully saturated rings. The minimum absolute atomic E-state index is 0.342. The van der Waals surface area contributed by atoms with Crippen molar-refractivity contribution in [3.63, 3.8) is 0 Å². The first-order valence-corrected chi connectivity index (χ1v) is 5.93. The molecule has 0 spiro atoms. The SMILES string of the molecule is Oc1ccc2c(c1)CN(c1ccccc1)S2. The highest BCUT2D eigenvalue weighted by Gasteiger charge is 2.20. The molecular formula is C13H11NOS. The van der Waals surface area contributed by atoms with Crippen LogP contribution in [0, 0.1) is 0 Å². The van der Waals surface area contributed by atoms with Gasteiger partial charge in [-0.3, -0.25) is 0 Å². The van der Waals surface area contributed by atoms with E-state index < -0.39 is 0 Å². The number of aromatic hydroxyl groups is 1. The van der Waals surface area contributed by atoms with Crippen LogP contribution in [0.2, 0.25) is 0 Å². The van der Waals surface area contributed by atoms with Gasteiger partial charge in [0.1, 0.15) is 5.75 Å². The maximum atomic E-state index is 9.43. The summed E-state index contributed by atoms with van der Waals surface area (Å²) in [6, 6.07) is 15.8. The summed E-state index contributed by atoms with van der Waals surface area (Å²) >= 11 is 1.72. The lowest BCUT2D eigenvalue weighted by atomic mass is 10.2. The van der Waals surface area contributed by atoms with Crippen LogP contribution in [0.5, 0.6) is 5.75 Å². The molecule has 1 heterocycles. The number of hydrogen-bond donors (Lipinski definition) is 1. The van der Waals surface area contributed by atoms with Crippen molar-refractivity contribution in [1.82, 2.24) is 0 Å². The Labute approximate surface area is 98.7 Å². The van der Waals surface area contributed by atoms with Gasteiger partial charge >= 0.3 is 0 Å². The number of hydrogen-bond acceptors (Lipinski definition) is 3. The molecule has 1 N–H and O–H groups in total. The fourth-order valence-corrected chi connectivity index (χ4v) is 2.86. The van der Waals surface area contributed by atoms with Gasteiger partial charge in [0.25, 0.3) is 0 Å². The van der Waals surface area contributed by atoms with Gasteiger partial charge in [-0.25, -0.2) is 0 Å². The first-order valence-electron chi connectivity index (χ1n) is 5.15. The zero-order chi connectivity index (χ0) is 11.0. The van der Waals surface area contributed by atoms with E-state index in [2.05, 4.69) is 16.4 Å². The second kappa shape index (κ2) is 3.76. The van der Waals surface area contributed by atoms with E-state index in [0.717, 1.165) is 6.54 Å². The van der Waals surface area contributed by atoms with Crippen LogP contribution in [0.3, 0.4) is 0 Å². The first kappa shape index (κ1) is 9.60. The van der Waals surface area contributed by atoms with Crippen LogP contribution in [0.1, 0.15) is 5.56 Å². The van der Waals surface area contributed by atoms with Gasteiger partial charge in [0.2, 0.25) is 0 Å². The summed E-state index contributed by atoms with van der Waals surface area (Å²) in [5.74, 6) is 0.342. The Morgan fingerprint density at radius 3 is 2.69 bits per heavy atom. The van der Waals surface area contributed by atoms with E-state index in [9.17, 15) is 5.11 Å². The second-order valence-corrected chi connectivity index (χ2v) is 4.82. The van der Waals surface area contributed by atoms with Crippen LogP contribution in [0.4, 0.5) is 5.69 Å². The standard InChI is InChI=1S/C13H11NOS/c15-12-6-7-13-10(8-12)9-14(16-13)11-4-2-1-3-5-11/h1-8,15H,9H2. The van der Waals surface area contributed by atoms with E-state index in [1.54, 1.807) is 18.0 Å². The Morgan fingerprint density at radius 1 is 1.06 bits per heavy atom. The molecule has 80 valence electrons. The van der Waals surface area contributed by atoms with E-state index in [1.165, 1.54) is 16.1 Å². The molecule has 2 nitrogen and oxygen atoms in total. The maximum Gasteiger partial charge on any atom is 0.116 e. The van der Waals surface area contributed by atoms with Gasteiger partial charge in [0.15, 0.2) is 0 Å². The molecule has 2 aromatic rings. The summed E-state index contributed by atoms with van der Waals surface area (Å²) in [4.78, 5) is 1.22. The zero-order valence-corrected chi connectivity index (χ0v) is 9.45. The highest BCUT2D eigenvalue weighted by atomic mass is 32.2. The quantitative estimate of drug-likeness (QED) is 0.758. The van der Waals surface area contributed by atoms with Gasteiger partial charge in [-0.2, -0.15) is 0 Å². The number of phenolic OH excluding ortho intramolecular Hbond substituents is 1. The van der Waals surface area contributed by atoms with Gasteiger partial charge in [-0.05, 0) is 47.8 Å². The van der Waals surface area contributed by atoms with Crippen LogP contribution in [-0.2, 0) is 6.54 Å². The number of rotatable bonds is 1. The third-order valence-electron chi connectivity index (χ3n) is 2.61. The van der Waals surface area contributed by atoms with E-state index >= 15 is 0 Å². The topological polar surface area (TPSA) is 23.5 Å². The summed E-state index contributed by atoms with van der Waals surface area (Å²) in [5.41, 5.74) is 2.39. The first-order chi connectivity index (χ1) is 7.83. The number of benzene rings is 2. The minimum Gasteiger partial charge on any atom is -0.508 e. The summed E-state index contributed by atoms with van der Waals surface area (Å²) in [6.07, 6.45) is 0. The third kappa shape index (κ3) is 1.63. The molecule has 0 saturated carbocycles. The Hall–Kier alpha value is -1.61. The van der Waals surface area contributed by atoms with E-state index in [4.69, 9.17) is 0 Å². The van der Waals surface area contributed by atoms with Crippen molar-refractivity contribution in [3.8, 4) is 5.75 Å². The number of para-hydroxylation sites is 1. The van der Waals surface area contributed by atoms with Crippen LogP contribution in [-0.4, -0.2) is 5.11 Å². The molecule has 3 heteroatoms. The van der Waals surface area contributed by atoms with Crippen molar-refractivity contribution in [2.24, 2.45) is 0 Å². The monoisotopic (exact) mass is 229 g/mol. The van der Waals surface area contributed by atoms with Crippen molar-refractivity contribution >= 4 is 17.6 Å². The fourth-order valence-electron chi connectivity index (χ4n) is 1.82. The number of phenols is 1. The molecular weight excluding hydrogens is 218 g/mol. The third-order valence-corrected chi connectivity index (χ3v) is 3.77. The molecule has 1 aliphatic rings. The normalized spacial score (nSPS) is 13.9. The van der Waals surface area contributed by atoms with Crippen LogP contribution >= 0.6 is 11.9 Å². The molecule has 2 aromatic carbocycles. The molecule has 0 unspecified atom stereocenters. The van der Waals surface area contributed by atoms with Gasteiger partial charge in [-0.1, -0.05) is 18.2 Å². The lowest BCUT2D eigenvalue weighted by Crippen LogP contribution is -2.06. The molecule has 0 radical (unpaired) electrons. The Kier molecular flexibility index (Phi) is 2.26. The lowest BCUT2D eigenvalue weighted by molar-refractivity contribution is 0.474. The molecule has 0 amide bonds. The molecule has 0 bridgehead atoms. The summed E-state index contributed by atoms with van der Waals surface area (Å²) in [6.45, 7) is 0.846. The van der Waals surface area contributed by atoms with Crippen molar-refractivity contribution in [3.05, 3.63) is 54.1 Å². The van der Waals surface area contributed by atoms with Crippen LogP contribution < -0.4 is 4.31 Å². The number of fused-ring (bicyclic) bond motifs is 1. The van der Waals surface area contributed by atoms with Crippen molar-refractivity contribution < 1.29 is 5.11 Å². The lowest BCUT2D eigenvalue weighted by Gasteiger charge is -2.15. The van der Waals surface area contributed by atoms with Gasteiger partial charge in [0, 0.05) is 10.6 Å². The molecule has 0 aliphatic carbocycles. The fraction of sp³-hybridized carbons (Fsp3) is 0.0769. The van der Waals surface area contributed by atoms with E-state index in [0.29, 0.717) is 5.75 Å². The second-order valence-electron chi connectivity index (χ2n) is 3.76. The Balaban J connectivity index is 1.91. The molecule has 1 aliphatic heterocycles. The van der Waals surface area contributed by atoms with Gasteiger partial charge in [0.05, 0.1) is 6.54 Å². The van der Waals surface area contributed by atoms with E-state index in [-0.39, 0.29) is 0 Å². The van der Waals surface area contributed by atoms with Crippen molar-refractivity contribution in [2.45, 2.75) is 11.4 Å². The highest BCUT2D eigenvalue weighted by molar-refractivity contribution is 8.01. The molecule has 3 rings (SSSR count). The molecule has 0 atom stereocenters. The predicted molar refractivity (Wildman–Crippen MR) is 66.6 cm³/mol. The zero-order valence-electron chi connectivity index (χ0n) is 8.63. The summed E-state index contributed by atoms with van der Waals surface area (Å²) < 4.78 is 2.23. The number of anilines is 1. The smallest absolute Gasteiger partial charge is 0.116 e. The van der Waals surface area contributed by atoms with Gasteiger partial charge < -0.3 is 9.41 Å². The number of nitrogens with zero attached hydrogens (tertiary/aromatic N) is 1. The van der Waals surface area contributed by atoms with Crippen molar-refractivity contribution in [2.75, 3.05) is 4.31 Å². The van der Waals surface area contributed by atoms with E-state index in [1.807, 2.05) is 30.3 Å². The average Bonchev–Trinajstić information content (AvgIpc) is 2.73. The van der Waals surface area contributed by atoms with Crippen LogP contribution in [0.25, 0.3) is 0 Å². The largest absolute Gasteiger partial charge is 0.508 e. The molecule has 16 heavy (non-hydrogen) atoms. The predicted octanol–water partition coefficient (Wildman–Crippen LogP) is 3.42. The van der Waals surface area contributed by atoms with Gasteiger partial charge in [-0.15, -0.1) is 0 Å². The highest BCUT2D eigenvalue weighted by Crippen LogP contribution is 2.40. The minimum atomic E-state index is 0.342. The van der Waals surface area contributed by atoms with Crippen molar-refractivity contribution in [1.29, 1.82) is 0 Å². The average molecular weight is 229 g/mol. The summed E-state index contributed by atoms with van der Waals surface area (Å²) in [5, 5.41) is 9.43. The Bertz CT molecular complexity index is 513. The summed E-state index contributed by atoms with van der Waals surface area (Å²) in [7, 11) is 0. The Morgan fingerprint density at radius 2 is 1.88 bits per heavy atom.